The number of aromatic nitrogens is 2. The molecule has 0 saturated heterocycles. The fourth-order valence-electron chi connectivity index (χ4n) is 2.37. The predicted octanol–water partition coefficient (Wildman–Crippen LogP) is 3.00. The van der Waals surface area contributed by atoms with Crippen LogP contribution in [0.25, 0.3) is 11.4 Å². The van der Waals surface area contributed by atoms with Crippen LogP contribution >= 0.6 is 0 Å². The Kier molecular flexibility index (Phi) is 5.33. The number of amides is 2. The van der Waals surface area contributed by atoms with Gasteiger partial charge < -0.3 is 15.7 Å². The summed E-state index contributed by atoms with van der Waals surface area (Å²) in [5, 5.41) is 14.9. The fraction of sp³-hybridized carbons (Fsp3) is 0.105. The Labute approximate surface area is 145 Å². The molecule has 3 N–H and O–H groups in total. The molecule has 3 aromatic rings. The molecule has 1 atom stereocenters. The van der Waals surface area contributed by atoms with E-state index in [0.717, 1.165) is 11.1 Å². The number of hydrogen-bond donors (Lipinski definition) is 3. The molecular formula is C19H18N4O2. The number of nitrogens with one attached hydrogen (secondary N) is 2. The minimum Gasteiger partial charge on any atom is -0.394 e. The van der Waals surface area contributed by atoms with Crippen molar-refractivity contribution in [2.24, 2.45) is 0 Å². The monoisotopic (exact) mass is 334 g/mol. The normalized spacial score (nSPS) is 11.6. The number of anilines is 1. The summed E-state index contributed by atoms with van der Waals surface area (Å²) in [7, 11) is 0. The van der Waals surface area contributed by atoms with Gasteiger partial charge in [0.15, 0.2) is 5.82 Å². The first-order chi connectivity index (χ1) is 12.3. The lowest BCUT2D eigenvalue weighted by atomic mass is 10.1. The second-order valence-corrected chi connectivity index (χ2v) is 5.41. The van der Waals surface area contributed by atoms with Gasteiger partial charge in [0.2, 0.25) is 0 Å². The van der Waals surface area contributed by atoms with Crippen molar-refractivity contribution in [1.82, 2.24) is 15.3 Å². The van der Waals surface area contributed by atoms with Gasteiger partial charge in [-0.15, -0.1) is 0 Å². The number of rotatable bonds is 5. The van der Waals surface area contributed by atoms with Gasteiger partial charge in [-0.2, -0.15) is 0 Å². The summed E-state index contributed by atoms with van der Waals surface area (Å²) in [5.41, 5.74) is 2.21. The molecule has 0 aliphatic carbocycles. The van der Waals surface area contributed by atoms with Crippen molar-refractivity contribution in [3.05, 3.63) is 78.6 Å². The summed E-state index contributed by atoms with van der Waals surface area (Å²) < 4.78 is 0. The van der Waals surface area contributed by atoms with Crippen molar-refractivity contribution in [1.29, 1.82) is 0 Å². The van der Waals surface area contributed by atoms with Crippen molar-refractivity contribution >= 4 is 11.7 Å². The van der Waals surface area contributed by atoms with E-state index in [4.69, 9.17) is 0 Å². The molecule has 0 spiro atoms. The lowest BCUT2D eigenvalue weighted by Gasteiger charge is -2.17. The Balaban J connectivity index is 1.63. The molecule has 25 heavy (non-hydrogen) atoms. The molecule has 0 aliphatic heterocycles. The molecule has 1 aromatic heterocycles. The number of carbonyl (C=O) groups excluding carboxylic acids is 1. The maximum absolute atomic E-state index is 12.1. The van der Waals surface area contributed by atoms with Crippen LogP contribution < -0.4 is 10.6 Å². The first kappa shape index (κ1) is 16.6. The first-order valence-electron chi connectivity index (χ1n) is 7.87. The smallest absolute Gasteiger partial charge is 0.319 e. The third-order valence-electron chi connectivity index (χ3n) is 3.63. The maximum atomic E-state index is 12.1. The molecule has 3 rings (SSSR count). The molecule has 2 amide bonds. The highest BCUT2D eigenvalue weighted by atomic mass is 16.3. The Hall–Kier alpha value is -3.25. The van der Waals surface area contributed by atoms with Gasteiger partial charge in [-0.3, -0.25) is 0 Å². The molecule has 6 nitrogen and oxygen atoms in total. The largest absolute Gasteiger partial charge is 0.394 e. The zero-order valence-corrected chi connectivity index (χ0v) is 13.5. The van der Waals surface area contributed by atoms with Crippen molar-refractivity contribution in [3.8, 4) is 11.4 Å². The highest BCUT2D eigenvalue weighted by Gasteiger charge is 2.13. The second kappa shape index (κ2) is 8.03. The average Bonchev–Trinajstić information content (AvgIpc) is 2.68. The van der Waals surface area contributed by atoms with E-state index in [1.807, 2.05) is 60.7 Å². The molecule has 126 valence electrons. The van der Waals surface area contributed by atoms with E-state index in [-0.39, 0.29) is 6.61 Å². The van der Waals surface area contributed by atoms with Gasteiger partial charge in [-0.25, -0.2) is 14.8 Å². The molecule has 1 unspecified atom stereocenters. The van der Waals surface area contributed by atoms with E-state index in [2.05, 4.69) is 20.6 Å². The molecular weight excluding hydrogens is 316 g/mol. The van der Waals surface area contributed by atoms with E-state index in [1.165, 1.54) is 0 Å². The topological polar surface area (TPSA) is 87.1 Å². The molecule has 1 heterocycles. The first-order valence-corrected chi connectivity index (χ1v) is 7.87. The number of carbonyl (C=O) groups is 1. The summed E-state index contributed by atoms with van der Waals surface area (Å²) in [6.07, 6.45) is 3.09. The predicted molar refractivity (Wildman–Crippen MR) is 95.9 cm³/mol. The van der Waals surface area contributed by atoms with Crippen LogP contribution in [-0.2, 0) is 0 Å². The lowest BCUT2D eigenvalue weighted by Crippen LogP contribution is -2.34. The number of nitrogens with zero attached hydrogens (tertiary/aromatic N) is 2. The van der Waals surface area contributed by atoms with E-state index < -0.39 is 12.1 Å². The van der Waals surface area contributed by atoms with Crippen LogP contribution in [0.2, 0.25) is 0 Å². The van der Waals surface area contributed by atoms with Gasteiger partial charge in [0.1, 0.15) is 0 Å². The Morgan fingerprint density at radius 3 is 2.16 bits per heavy atom. The van der Waals surface area contributed by atoms with E-state index >= 15 is 0 Å². The van der Waals surface area contributed by atoms with E-state index in [0.29, 0.717) is 11.5 Å². The van der Waals surface area contributed by atoms with Gasteiger partial charge in [-0.05, 0) is 5.56 Å². The van der Waals surface area contributed by atoms with Crippen LogP contribution in [0.5, 0.6) is 0 Å². The van der Waals surface area contributed by atoms with Crippen LogP contribution in [-0.4, -0.2) is 27.7 Å². The van der Waals surface area contributed by atoms with Crippen LogP contribution in [0.15, 0.2) is 73.1 Å². The zero-order chi connectivity index (χ0) is 17.5. The Morgan fingerprint density at radius 2 is 1.56 bits per heavy atom. The van der Waals surface area contributed by atoms with Crippen LogP contribution in [0.3, 0.4) is 0 Å². The van der Waals surface area contributed by atoms with E-state index in [9.17, 15) is 9.90 Å². The SMILES string of the molecule is O=C(Nc1cnc(-c2ccccc2)nc1)NC(CO)c1ccccc1. The number of hydrogen-bond acceptors (Lipinski definition) is 4. The summed E-state index contributed by atoms with van der Waals surface area (Å²) >= 11 is 0. The molecule has 2 aromatic carbocycles. The summed E-state index contributed by atoms with van der Waals surface area (Å²) in [5.74, 6) is 0.587. The van der Waals surface area contributed by atoms with Gasteiger partial charge in [0.05, 0.1) is 30.7 Å². The van der Waals surface area contributed by atoms with Gasteiger partial charge in [0.25, 0.3) is 0 Å². The van der Waals surface area contributed by atoms with Crippen molar-refractivity contribution in [2.75, 3.05) is 11.9 Å². The highest BCUT2D eigenvalue weighted by Crippen LogP contribution is 2.15. The summed E-state index contributed by atoms with van der Waals surface area (Å²) in [4.78, 5) is 20.6. The zero-order valence-electron chi connectivity index (χ0n) is 13.5. The van der Waals surface area contributed by atoms with Crippen molar-refractivity contribution < 1.29 is 9.90 Å². The van der Waals surface area contributed by atoms with Crippen molar-refractivity contribution in [3.63, 3.8) is 0 Å². The minimum atomic E-state index is -0.481. The maximum Gasteiger partial charge on any atom is 0.319 e. The third kappa shape index (κ3) is 4.39. The number of aliphatic hydroxyl groups excluding tert-OH is 1. The van der Waals surface area contributed by atoms with Crippen LogP contribution in [0.4, 0.5) is 10.5 Å². The molecule has 0 fully saturated rings. The van der Waals surface area contributed by atoms with E-state index in [1.54, 1.807) is 12.4 Å². The summed E-state index contributed by atoms with van der Waals surface area (Å²) in [6, 6.07) is 18.0. The average molecular weight is 334 g/mol. The minimum absolute atomic E-state index is 0.194. The Morgan fingerprint density at radius 1 is 0.960 bits per heavy atom. The number of urea groups is 1. The number of benzene rings is 2. The fourth-order valence-corrected chi connectivity index (χ4v) is 2.37. The molecule has 0 bridgehead atoms. The third-order valence-corrected chi connectivity index (χ3v) is 3.63. The Bertz CT molecular complexity index is 808. The lowest BCUT2D eigenvalue weighted by molar-refractivity contribution is 0.225. The quantitative estimate of drug-likeness (QED) is 0.669. The van der Waals surface area contributed by atoms with Crippen LogP contribution in [0, 0.1) is 0 Å². The molecule has 0 radical (unpaired) electrons. The molecule has 0 saturated carbocycles. The second-order valence-electron chi connectivity index (χ2n) is 5.41. The van der Waals surface area contributed by atoms with Gasteiger partial charge in [0, 0.05) is 5.56 Å². The standard InChI is InChI=1S/C19H18N4O2/c24-13-17(14-7-3-1-4-8-14)23-19(25)22-16-11-20-18(21-12-16)15-9-5-2-6-10-15/h1-12,17,24H,13H2,(H2,22,23,25). The van der Waals surface area contributed by atoms with Crippen molar-refractivity contribution in [2.45, 2.75) is 6.04 Å². The number of aliphatic hydroxyl groups is 1. The molecule has 0 aliphatic rings. The van der Waals surface area contributed by atoms with Gasteiger partial charge >= 0.3 is 6.03 Å². The summed E-state index contributed by atoms with van der Waals surface area (Å²) in [6.45, 7) is -0.194. The highest BCUT2D eigenvalue weighted by molar-refractivity contribution is 5.89. The van der Waals surface area contributed by atoms with Gasteiger partial charge in [-0.1, -0.05) is 60.7 Å². The molecule has 6 heteroatoms. The van der Waals surface area contributed by atoms with Crippen LogP contribution in [0.1, 0.15) is 11.6 Å².